The van der Waals surface area contributed by atoms with E-state index in [0.29, 0.717) is 33.3 Å². The van der Waals surface area contributed by atoms with E-state index in [2.05, 4.69) is 10.5 Å². The monoisotopic (exact) mass is 472 g/mol. The molecule has 3 aromatic carbocycles. The molecule has 1 atom stereocenters. The van der Waals surface area contributed by atoms with Gasteiger partial charge in [0.2, 0.25) is 0 Å². The van der Waals surface area contributed by atoms with Gasteiger partial charge in [0.15, 0.2) is 5.60 Å². The van der Waals surface area contributed by atoms with Gasteiger partial charge in [-0.25, -0.2) is 4.79 Å². The number of aromatic nitrogens is 1. The molecule has 1 aromatic heterocycles. The summed E-state index contributed by atoms with van der Waals surface area (Å²) in [7, 11) is 0. The van der Waals surface area contributed by atoms with Crippen molar-refractivity contribution in [1.29, 1.82) is 0 Å². The molecule has 0 saturated heterocycles. The maximum atomic E-state index is 13.7. The zero-order chi connectivity index (χ0) is 25.2. The SMILES string of the molecule is Cc1noc(=O)c2ccc(NC(=O)C(O)(CC(C)(C)c3ccccc3)c3ccc(CO)cc3)cc12. The molecule has 180 valence electrons. The summed E-state index contributed by atoms with van der Waals surface area (Å²) in [5.41, 5.74) is 0.00480. The number of nitrogens with zero attached hydrogens (tertiary/aromatic N) is 1. The zero-order valence-electron chi connectivity index (χ0n) is 19.9. The van der Waals surface area contributed by atoms with E-state index in [4.69, 9.17) is 4.52 Å². The van der Waals surface area contributed by atoms with Crippen LogP contribution in [-0.4, -0.2) is 21.3 Å². The van der Waals surface area contributed by atoms with Gasteiger partial charge in [-0.05, 0) is 53.6 Å². The van der Waals surface area contributed by atoms with Crippen LogP contribution in [-0.2, 0) is 22.4 Å². The topological polar surface area (TPSA) is 113 Å². The molecule has 0 fully saturated rings. The molecule has 35 heavy (non-hydrogen) atoms. The second kappa shape index (κ2) is 9.44. The molecule has 7 nitrogen and oxygen atoms in total. The highest BCUT2D eigenvalue weighted by molar-refractivity contribution is 5.99. The molecule has 0 bridgehead atoms. The average Bonchev–Trinajstić information content (AvgIpc) is 2.86. The van der Waals surface area contributed by atoms with Gasteiger partial charge in [0.05, 0.1) is 17.7 Å². The Morgan fingerprint density at radius 2 is 1.66 bits per heavy atom. The maximum Gasteiger partial charge on any atom is 0.366 e. The highest BCUT2D eigenvalue weighted by atomic mass is 16.5. The first-order valence-electron chi connectivity index (χ1n) is 11.3. The fourth-order valence-electron chi connectivity index (χ4n) is 4.37. The largest absolute Gasteiger partial charge is 0.392 e. The van der Waals surface area contributed by atoms with Gasteiger partial charge in [0, 0.05) is 11.1 Å². The lowest BCUT2D eigenvalue weighted by molar-refractivity contribution is -0.137. The molecule has 0 aliphatic heterocycles. The summed E-state index contributed by atoms with van der Waals surface area (Å²) >= 11 is 0. The summed E-state index contributed by atoms with van der Waals surface area (Å²) < 4.78 is 4.77. The Morgan fingerprint density at radius 3 is 2.31 bits per heavy atom. The first-order valence-corrected chi connectivity index (χ1v) is 11.3. The zero-order valence-corrected chi connectivity index (χ0v) is 19.9. The summed E-state index contributed by atoms with van der Waals surface area (Å²) in [6, 6.07) is 21.2. The Morgan fingerprint density at radius 1 is 0.971 bits per heavy atom. The van der Waals surface area contributed by atoms with Crippen molar-refractivity contribution in [2.24, 2.45) is 0 Å². The number of aryl methyl sites for hydroxylation is 1. The number of nitrogens with one attached hydrogen (secondary N) is 1. The molecule has 0 saturated carbocycles. The van der Waals surface area contributed by atoms with Gasteiger partial charge in [-0.1, -0.05) is 73.6 Å². The van der Waals surface area contributed by atoms with Crippen molar-refractivity contribution in [3.05, 3.63) is 106 Å². The molecule has 4 aromatic rings. The Labute approximate surface area is 203 Å². The molecule has 7 heteroatoms. The number of benzene rings is 3. The van der Waals surface area contributed by atoms with Crippen molar-refractivity contribution in [2.75, 3.05) is 5.32 Å². The third-order valence-electron chi connectivity index (χ3n) is 6.40. The van der Waals surface area contributed by atoms with E-state index in [1.165, 1.54) is 0 Å². The van der Waals surface area contributed by atoms with Crippen molar-refractivity contribution in [3.8, 4) is 0 Å². The number of carbonyl (C=O) groups excluding carboxylic acids is 1. The molecule has 0 radical (unpaired) electrons. The normalized spacial score (nSPS) is 13.4. The quantitative estimate of drug-likeness (QED) is 0.372. The van der Waals surface area contributed by atoms with Crippen molar-refractivity contribution < 1.29 is 19.5 Å². The van der Waals surface area contributed by atoms with E-state index in [1.54, 1.807) is 49.4 Å². The number of hydrogen-bond donors (Lipinski definition) is 3. The molecular formula is C28H28N2O5. The second-order valence-electron chi connectivity index (χ2n) is 9.41. The molecule has 1 amide bonds. The number of amides is 1. The summed E-state index contributed by atoms with van der Waals surface area (Å²) in [5.74, 6) is -0.605. The Kier molecular flexibility index (Phi) is 6.56. The third kappa shape index (κ3) is 4.87. The number of aliphatic hydroxyl groups is 2. The van der Waals surface area contributed by atoms with Crippen LogP contribution in [0.15, 0.2) is 82.1 Å². The van der Waals surface area contributed by atoms with Crippen molar-refractivity contribution in [2.45, 2.75) is 44.8 Å². The number of anilines is 1. The highest BCUT2D eigenvalue weighted by Gasteiger charge is 2.43. The summed E-state index contributed by atoms with van der Waals surface area (Å²) in [4.78, 5) is 25.7. The van der Waals surface area contributed by atoms with Crippen LogP contribution in [0.1, 0.15) is 42.7 Å². The summed E-state index contributed by atoms with van der Waals surface area (Å²) in [6.45, 7) is 5.52. The number of rotatable bonds is 7. The van der Waals surface area contributed by atoms with Crippen LogP contribution in [0.5, 0.6) is 0 Å². The van der Waals surface area contributed by atoms with E-state index >= 15 is 0 Å². The van der Waals surface area contributed by atoms with Crippen LogP contribution in [0.4, 0.5) is 5.69 Å². The molecule has 0 aliphatic rings. The first kappa shape index (κ1) is 24.3. The van der Waals surface area contributed by atoms with Gasteiger partial charge in [0.25, 0.3) is 5.91 Å². The van der Waals surface area contributed by atoms with E-state index in [1.807, 2.05) is 44.2 Å². The Bertz CT molecular complexity index is 1410. The summed E-state index contributed by atoms with van der Waals surface area (Å²) in [6.07, 6.45) is 0.103. The Balaban J connectivity index is 1.74. The fraction of sp³-hybridized carbons (Fsp3) is 0.250. The smallest absolute Gasteiger partial charge is 0.366 e. The van der Waals surface area contributed by atoms with Crippen LogP contribution >= 0.6 is 0 Å². The standard InChI is InChI=1S/C28H28N2O5/c1-18-24-15-22(13-14-23(24)25(32)35-30-18)29-26(33)28(34,21-11-9-19(16-31)10-12-21)17-27(2,3)20-7-5-4-6-8-20/h4-15,31,34H,16-17H2,1-3H3,(H,29,33). The third-order valence-corrected chi connectivity index (χ3v) is 6.40. The molecule has 4 rings (SSSR count). The van der Waals surface area contributed by atoms with Gasteiger partial charge < -0.3 is 20.1 Å². The van der Waals surface area contributed by atoms with E-state index in [0.717, 1.165) is 5.56 Å². The number of fused-ring (bicyclic) bond motifs is 1. The number of carbonyl (C=O) groups is 1. The molecule has 1 unspecified atom stereocenters. The first-order chi connectivity index (χ1) is 16.6. The minimum absolute atomic E-state index is 0.103. The number of aliphatic hydroxyl groups excluding tert-OH is 1. The minimum atomic E-state index is -1.88. The van der Waals surface area contributed by atoms with E-state index < -0.39 is 22.5 Å². The van der Waals surface area contributed by atoms with Crippen LogP contribution in [0.25, 0.3) is 10.8 Å². The maximum absolute atomic E-state index is 13.7. The predicted molar refractivity (Wildman–Crippen MR) is 134 cm³/mol. The Hall–Kier alpha value is -3.81. The van der Waals surface area contributed by atoms with Gasteiger partial charge >= 0.3 is 5.63 Å². The van der Waals surface area contributed by atoms with Crippen molar-refractivity contribution in [3.63, 3.8) is 0 Å². The van der Waals surface area contributed by atoms with E-state index in [9.17, 15) is 19.8 Å². The van der Waals surface area contributed by atoms with E-state index in [-0.39, 0.29) is 13.0 Å². The highest BCUT2D eigenvalue weighted by Crippen LogP contribution is 2.39. The average molecular weight is 473 g/mol. The van der Waals surface area contributed by atoms with Gasteiger partial charge in [-0.3, -0.25) is 4.79 Å². The second-order valence-corrected chi connectivity index (χ2v) is 9.41. The molecule has 3 N–H and O–H groups in total. The van der Waals surface area contributed by atoms with Crippen LogP contribution in [0, 0.1) is 6.92 Å². The molecular weight excluding hydrogens is 444 g/mol. The van der Waals surface area contributed by atoms with Gasteiger partial charge in [-0.2, -0.15) is 0 Å². The lowest BCUT2D eigenvalue weighted by Crippen LogP contribution is -2.44. The molecule has 0 spiro atoms. The molecule has 0 aliphatic carbocycles. The van der Waals surface area contributed by atoms with Gasteiger partial charge in [-0.15, -0.1) is 0 Å². The fourth-order valence-corrected chi connectivity index (χ4v) is 4.37. The van der Waals surface area contributed by atoms with Crippen molar-refractivity contribution >= 4 is 22.4 Å². The van der Waals surface area contributed by atoms with Crippen LogP contribution in [0.3, 0.4) is 0 Å². The summed E-state index contributed by atoms with van der Waals surface area (Å²) in [5, 5.41) is 28.8. The lowest BCUT2D eigenvalue weighted by atomic mass is 9.72. The van der Waals surface area contributed by atoms with Crippen LogP contribution in [0.2, 0.25) is 0 Å². The number of hydrogen-bond acceptors (Lipinski definition) is 6. The predicted octanol–water partition coefficient (Wildman–Crippen LogP) is 4.18. The van der Waals surface area contributed by atoms with Gasteiger partial charge in [0.1, 0.15) is 0 Å². The minimum Gasteiger partial charge on any atom is -0.392 e. The lowest BCUT2D eigenvalue weighted by Gasteiger charge is -2.36. The molecule has 1 heterocycles. The van der Waals surface area contributed by atoms with Crippen LogP contribution < -0.4 is 10.9 Å². The van der Waals surface area contributed by atoms with Crippen molar-refractivity contribution in [1.82, 2.24) is 5.16 Å².